The Morgan fingerprint density at radius 3 is 2.53 bits per heavy atom. The highest BCUT2D eigenvalue weighted by Crippen LogP contribution is 2.35. The molecule has 1 aliphatic heterocycles. The van der Waals surface area contributed by atoms with E-state index in [9.17, 15) is 19.2 Å². The summed E-state index contributed by atoms with van der Waals surface area (Å²) in [6.45, 7) is 1.64. The number of benzene rings is 1. The molecule has 1 saturated heterocycles. The van der Waals surface area contributed by atoms with Crippen LogP contribution in [-0.2, 0) is 14.3 Å². The van der Waals surface area contributed by atoms with Gasteiger partial charge in [0, 0.05) is 0 Å². The molecule has 1 aromatic rings. The molecule has 0 unspecified atom stereocenters. The fraction of sp³-hybridized carbons (Fsp3) is 0.500. The van der Waals surface area contributed by atoms with E-state index in [1.807, 2.05) is 0 Å². The fourth-order valence-corrected chi connectivity index (χ4v) is 3.65. The molecule has 10 nitrogen and oxygen atoms in total. The number of carbonyl (C=O) groups is 4. The van der Waals surface area contributed by atoms with Crippen LogP contribution in [0.4, 0.5) is 4.79 Å². The second kappa shape index (κ2) is 8.60. The summed E-state index contributed by atoms with van der Waals surface area (Å²) in [6.07, 6.45) is 2.76. The Balaban J connectivity index is 1.60. The van der Waals surface area contributed by atoms with E-state index in [1.165, 1.54) is 32.4 Å². The number of imide groups is 1. The minimum absolute atomic E-state index is 0.218. The van der Waals surface area contributed by atoms with Gasteiger partial charge < -0.3 is 19.5 Å². The van der Waals surface area contributed by atoms with Gasteiger partial charge in [-0.25, -0.2) is 9.59 Å². The zero-order valence-corrected chi connectivity index (χ0v) is 17.1. The molecule has 1 spiro atoms. The minimum atomic E-state index is -0.940. The SMILES string of the molecule is COC(=O)c1ccc(OCC(=O)NN2C(=O)NC3(CCC(C)CC3)C2=O)c(OC)c1. The van der Waals surface area contributed by atoms with Crippen molar-refractivity contribution < 1.29 is 33.4 Å². The molecule has 1 aliphatic carbocycles. The zero-order chi connectivity index (χ0) is 21.9. The Labute approximate surface area is 173 Å². The van der Waals surface area contributed by atoms with Crippen LogP contribution < -0.4 is 20.2 Å². The molecule has 10 heteroatoms. The third-order valence-corrected chi connectivity index (χ3v) is 5.47. The second-order valence-electron chi connectivity index (χ2n) is 7.52. The van der Waals surface area contributed by atoms with Crippen LogP contribution in [0.5, 0.6) is 11.5 Å². The van der Waals surface area contributed by atoms with E-state index in [0.717, 1.165) is 17.9 Å². The van der Waals surface area contributed by atoms with Crippen molar-refractivity contribution in [2.45, 2.75) is 38.1 Å². The third-order valence-electron chi connectivity index (χ3n) is 5.47. The number of rotatable bonds is 6. The second-order valence-corrected chi connectivity index (χ2v) is 7.52. The summed E-state index contributed by atoms with van der Waals surface area (Å²) in [5.74, 6) is -0.724. The van der Waals surface area contributed by atoms with Gasteiger partial charge in [0.15, 0.2) is 18.1 Å². The van der Waals surface area contributed by atoms with Crippen molar-refractivity contribution in [3.63, 3.8) is 0 Å². The zero-order valence-electron chi connectivity index (χ0n) is 17.1. The number of carbonyl (C=O) groups excluding carboxylic acids is 4. The monoisotopic (exact) mass is 419 g/mol. The Hall–Kier alpha value is -3.30. The van der Waals surface area contributed by atoms with E-state index >= 15 is 0 Å². The van der Waals surface area contributed by atoms with Gasteiger partial charge in [-0.3, -0.25) is 15.0 Å². The lowest BCUT2D eigenvalue weighted by Gasteiger charge is -2.33. The number of hydrogen-bond acceptors (Lipinski definition) is 7. The minimum Gasteiger partial charge on any atom is -0.493 e. The highest BCUT2D eigenvalue weighted by atomic mass is 16.5. The molecule has 4 amide bonds. The molecule has 2 aliphatic rings. The number of methoxy groups -OCH3 is 2. The van der Waals surface area contributed by atoms with Crippen molar-refractivity contribution in [2.24, 2.45) is 5.92 Å². The molecule has 1 aromatic carbocycles. The summed E-state index contributed by atoms with van der Waals surface area (Å²) >= 11 is 0. The predicted molar refractivity (Wildman–Crippen MR) is 104 cm³/mol. The maximum absolute atomic E-state index is 12.8. The number of hydrazine groups is 1. The van der Waals surface area contributed by atoms with E-state index < -0.39 is 36.0 Å². The predicted octanol–water partition coefficient (Wildman–Crippen LogP) is 1.39. The van der Waals surface area contributed by atoms with Crippen molar-refractivity contribution in [1.82, 2.24) is 15.8 Å². The molecule has 0 aromatic heterocycles. The van der Waals surface area contributed by atoms with Crippen LogP contribution in [-0.4, -0.2) is 55.2 Å². The summed E-state index contributed by atoms with van der Waals surface area (Å²) in [5, 5.41) is 3.45. The first-order valence-electron chi connectivity index (χ1n) is 9.65. The molecule has 1 heterocycles. The standard InChI is InChI=1S/C20H25N3O7/c1-12-6-8-20(9-7-12)18(26)23(19(27)21-20)22-16(24)11-30-14-5-4-13(17(25)29-3)10-15(14)28-2/h4-5,10,12H,6-9,11H2,1-3H3,(H,21,27)(H,22,24). The number of ether oxygens (including phenoxy) is 3. The molecular weight excluding hydrogens is 394 g/mol. The van der Waals surface area contributed by atoms with Crippen LogP contribution in [0.1, 0.15) is 43.0 Å². The molecule has 2 N–H and O–H groups in total. The number of urea groups is 1. The van der Waals surface area contributed by atoms with Crippen molar-refractivity contribution in [2.75, 3.05) is 20.8 Å². The van der Waals surface area contributed by atoms with Gasteiger partial charge in [-0.15, -0.1) is 0 Å². The van der Waals surface area contributed by atoms with Crippen molar-refractivity contribution in [3.8, 4) is 11.5 Å². The molecule has 0 atom stereocenters. The number of hydrogen-bond donors (Lipinski definition) is 2. The molecule has 2 fully saturated rings. The van der Waals surface area contributed by atoms with Crippen LogP contribution >= 0.6 is 0 Å². The summed E-state index contributed by atoms with van der Waals surface area (Å²) in [7, 11) is 2.65. The largest absolute Gasteiger partial charge is 0.493 e. The summed E-state index contributed by atoms with van der Waals surface area (Å²) in [5.41, 5.74) is 1.62. The van der Waals surface area contributed by atoms with Gasteiger partial charge in [0.1, 0.15) is 5.54 Å². The number of amides is 4. The van der Waals surface area contributed by atoms with E-state index in [4.69, 9.17) is 9.47 Å². The fourth-order valence-electron chi connectivity index (χ4n) is 3.65. The van der Waals surface area contributed by atoms with E-state index in [-0.39, 0.29) is 17.1 Å². The number of nitrogens with one attached hydrogen (secondary N) is 2. The smallest absolute Gasteiger partial charge is 0.344 e. The van der Waals surface area contributed by atoms with Crippen LogP contribution in [0.3, 0.4) is 0 Å². The molecule has 30 heavy (non-hydrogen) atoms. The van der Waals surface area contributed by atoms with Crippen LogP contribution in [0, 0.1) is 5.92 Å². The Bertz CT molecular complexity index is 862. The van der Waals surface area contributed by atoms with Gasteiger partial charge in [0.2, 0.25) is 0 Å². The van der Waals surface area contributed by atoms with Crippen LogP contribution in [0.15, 0.2) is 18.2 Å². The van der Waals surface area contributed by atoms with Gasteiger partial charge in [0.25, 0.3) is 11.8 Å². The van der Waals surface area contributed by atoms with Crippen LogP contribution in [0.2, 0.25) is 0 Å². The highest BCUT2D eigenvalue weighted by molar-refractivity contribution is 6.08. The van der Waals surface area contributed by atoms with Gasteiger partial charge in [-0.2, -0.15) is 5.01 Å². The quantitative estimate of drug-likeness (QED) is 0.528. The first-order chi connectivity index (χ1) is 14.3. The Morgan fingerprint density at radius 2 is 1.90 bits per heavy atom. The van der Waals surface area contributed by atoms with E-state index in [0.29, 0.717) is 18.8 Å². The average molecular weight is 419 g/mol. The van der Waals surface area contributed by atoms with E-state index in [2.05, 4.69) is 22.4 Å². The molecule has 0 bridgehead atoms. The van der Waals surface area contributed by atoms with Gasteiger partial charge in [0.05, 0.1) is 19.8 Å². The molecule has 162 valence electrons. The third kappa shape index (κ3) is 4.17. The van der Waals surface area contributed by atoms with Crippen LogP contribution in [0.25, 0.3) is 0 Å². The first kappa shape index (κ1) is 21.4. The average Bonchev–Trinajstić information content (AvgIpc) is 2.97. The van der Waals surface area contributed by atoms with Crippen molar-refractivity contribution >= 4 is 23.8 Å². The first-order valence-corrected chi connectivity index (χ1v) is 9.65. The van der Waals surface area contributed by atoms with Gasteiger partial charge in [-0.1, -0.05) is 6.92 Å². The van der Waals surface area contributed by atoms with Crippen molar-refractivity contribution in [3.05, 3.63) is 23.8 Å². The lowest BCUT2D eigenvalue weighted by molar-refractivity contribution is -0.140. The molecule has 3 rings (SSSR count). The van der Waals surface area contributed by atoms with Crippen molar-refractivity contribution in [1.29, 1.82) is 0 Å². The molecular formula is C20H25N3O7. The highest BCUT2D eigenvalue weighted by Gasteiger charge is 2.52. The normalized spacial score (nSPS) is 23.2. The summed E-state index contributed by atoms with van der Waals surface area (Å²) in [4.78, 5) is 48.9. The lowest BCUT2D eigenvalue weighted by atomic mass is 9.77. The van der Waals surface area contributed by atoms with E-state index in [1.54, 1.807) is 0 Å². The topological polar surface area (TPSA) is 123 Å². The summed E-state index contributed by atoms with van der Waals surface area (Å²) < 4.78 is 15.2. The maximum atomic E-state index is 12.8. The molecule has 0 radical (unpaired) electrons. The lowest BCUT2D eigenvalue weighted by Crippen LogP contribution is -2.52. The maximum Gasteiger partial charge on any atom is 0.344 e. The van der Waals surface area contributed by atoms with Gasteiger partial charge in [-0.05, 0) is 49.8 Å². The summed E-state index contributed by atoms with van der Waals surface area (Å²) in [6, 6.07) is 3.70. The van der Waals surface area contributed by atoms with Gasteiger partial charge >= 0.3 is 12.0 Å². The molecule has 1 saturated carbocycles. The Morgan fingerprint density at radius 1 is 1.20 bits per heavy atom. The Kier molecular flexibility index (Phi) is 6.14. The number of nitrogens with zero attached hydrogens (tertiary/aromatic N) is 1. The number of esters is 1.